The Morgan fingerprint density at radius 1 is 1.31 bits per heavy atom. The van der Waals surface area contributed by atoms with Crippen LogP contribution in [0.25, 0.3) is 12.2 Å². The second-order valence-corrected chi connectivity index (χ2v) is 5.55. The molecule has 1 aromatic carbocycles. The normalized spacial score (nSPS) is 17.5. The van der Waals surface area contributed by atoms with Gasteiger partial charge >= 0.3 is 6.03 Å². The minimum atomic E-state index is -0.889. The predicted molar refractivity (Wildman–Crippen MR) is 95.1 cm³/mol. The van der Waals surface area contributed by atoms with Crippen LogP contribution >= 0.6 is 0 Å². The average molecular weight is 354 g/mol. The van der Waals surface area contributed by atoms with Gasteiger partial charge in [0.2, 0.25) is 0 Å². The number of phenols is 1. The van der Waals surface area contributed by atoms with Gasteiger partial charge in [0.05, 0.1) is 24.8 Å². The maximum atomic E-state index is 12.2. The van der Waals surface area contributed by atoms with E-state index in [0.717, 1.165) is 5.69 Å². The van der Waals surface area contributed by atoms with Crippen LogP contribution in [0.2, 0.25) is 0 Å². The molecule has 2 aromatic rings. The van der Waals surface area contributed by atoms with E-state index in [0.29, 0.717) is 11.3 Å². The lowest BCUT2D eigenvalue weighted by molar-refractivity contribution is -0.121. The van der Waals surface area contributed by atoms with Crippen LogP contribution in [0.4, 0.5) is 4.79 Å². The van der Waals surface area contributed by atoms with Crippen molar-refractivity contribution in [2.45, 2.75) is 13.0 Å². The van der Waals surface area contributed by atoms with Gasteiger partial charge in [0.15, 0.2) is 11.5 Å². The summed E-state index contributed by atoms with van der Waals surface area (Å²) in [5.41, 5.74) is 1.88. The number of hydrogen-bond acceptors (Lipinski definition) is 5. The smallest absolute Gasteiger partial charge is 0.329 e. The highest BCUT2D eigenvalue weighted by Gasteiger charge is 2.38. The number of ether oxygens (including phenoxy) is 1. The molecule has 3 rings (SSSR count). The van der Waals surface area contributed by atoms with E-state index in [1.54, 1.807) is 24.5 Å². The number of rotatable bonds is 5. The molecule has 3 amide bonds. The number of carbonyl (C=O) groups is 2. The highest BCUT2D eigenvalue weighted by Crippen LogP contribution is 2.33. The van der Waals surface area contributed by atoms with Crippen LogP contribution < -0.4 is 10.1 Å². The second kappa shape index (κ2) is 7.14. The van der Waals surface area contributed by atoms with E-state index in [2.05, 4.69) is 15.3 Å². The molecule has 3 N–H and O–H groups in total. The Balaban J connectivity index is 1.92. The first-order chi connectivity index (χ1) is 12.5. The summed E-state index contributed by atoms with van der Waals surface area (Å²) in [7, 11) is 1.43. The van der Waals surface area contributed by atoms with E-state index < -0.39 is 18.0 Å². The Kier molecular flexibility index (Phi) is 4.74. The van der Waals surface area contributed by atoms with E-state index >= 15 is 0 Å². The largest absolute Gasteiger partial charge is 0.504 e. The quantitative estimate of drug-likeness (QED) is 0.715. The van der Waals surface area contributed by atoms with Crippen molar-refractivity contribution in [3.05, 3.63) is 53.8 Å². The Hall–Kier alpha value is -3.55. The Labute approximate surface area is 149 Å². The Morgan fingerprint density at radius 3 is 2.81 bits per heavy atom. The van der Waals surface area contributed by atoms with Crippen molar-refractivity contribution in [3.63, 3.8) is 0 Å². The van der Waals surface area contributed by atoms with Gasteiger partial charge in [-0.1, -0.05) is 12.1 Å². The molecule has 8 nitrogen and oxygen atoms in total. The van der Waals surface area contributed by atoms with E-state index in [1.807, 2.05) is 19.1 Å². The van der Waals surface area contributed by atoms with Crippen molar-refractivity contribution in [3.8, 4) is 11.5 Å². The number of aromatic hydroxyl groups is 1. The number of methoxy groups -OCH3 is 1. The number of H-pyrrole nitrogens is 1. The maximum absolute atomic E-state index is 12.2. The summed E-state index contributed by atoms with van der Waals surface area (Å²) in [6.07, 6.45) is 8.39. The zero-order valence-electron chi connectivity index (χ0n) is 14.3. The summed E-state index contributed by atoms with van der Waals surface area (Å²) < 4.78 is 5.01. The van der Waals surface area contributed by atoms with Gasteiger partial charge in [-0.15, -0.1) is 0 Å². The number of benzene rings is 1. The molecule has 1 aliphatic rings. The fraction of sp³-hybridized carbons (Fsp3) is 0.167. The summed E-state index contributed by atoms with van der Waals surface area (Å²) in [4.78, 5) is 32.8. The number of hydrogen-bond donors (Lipinski definition) is 3. The van der Waals surface area contributed by atoms with Crippen LogP contribution in [0.1, 0.15) is 29.9 Å². The minimum absolute atomic E-state index is 0.108. The van der Waals surface area contributed by atoms with Gasteiger partial charge in [0.1, 0.15) is 6.04 Å². The highest BCUT2D eigenvalue weighted by molar-refractivity contribution is 6.05. The standard InChI is InChI=1S/C18H18N4O4/c1-3-4-12-13(20-10-19-12)7-8-22-16(17(24)21-18(22)25)11-5-6-15(26-2)14(23)9-11/h3-10,16,23H,1-2H3,(H,19,20)(H,21,24,25)/b4-3-,8-7+. The molecule has 26 heavy (non-hydrogen) atoms. The molecule has 1 aliphatic heterocycles. The van der Waals surface area contributed by atoms with Gasteiger partial charge in [0, 0.05) is 6.20 Å². The third-order valence-corrected chi connectivity index (χ3v) is 3.94. The lowest BCUT2D eigenvalue weighted by Gasteiger charge is -2.18. The predicted octanol–water partition coefficient (Wildman–Crippen LogP) is 2.42. The summed E-state index contributed by atoms with van der Waals surface area (Å²) in [6, 6.07) is 3.14. The number of nitrogens with one attached hydrogen (secondary N) is 2. The highest BCUT2D eigenvalue weighted by atomic mass is 16.5. The number of amides is 3. The molecule has 8 heteroatoms. The lowest BCUT2D eigenvalue weighted by Crippen LogP contribution is -2.24. The molecule has 1 aromatic heterocycles. The van der Waals surface area contributed by atoms with Crippen molar-refractivity contribution in [1.29, 1.82) is 0 Å². The minimum Gasteiger partial charge on any atom is -0.504 e. The van der Waals surface area contributed by atoms with Crippen LogP contribution in [-0.4, -0.2) is 39.0 Å². The Bertz CT molecular complexity index is 900. The second-order valence-electron chi connectivity index (χ2n) is 5.55. The zero-order valence-corrected chi connectivity index (χ0v) is 14.3. The number of urea groups is 1. The maximum Gasteiger partial charge on any atom is 0.329 e. The van der Waals surface area contributed by atoms with Gasteiger partial charge in [-0.3, -0.25) is 15.0 Å². The molecular weight excluding hydrogens is 336 g/mol. The number of aromatic amines is 1. The number of imide groups is 1. The van der Waals surface area contributed by atoms with Crippen molar-refractivity contribution < 1.29 is 19.4 Å². The van der Waals surface area contributed by atoms with Gasteiger partial charge in [-0.2, -0.15) is 0 Å². The molecule has 0 bridgehead atoms. The first kappa shape index (κ1) is 17.3. The van der Waals surface area contributed by atoms with Crippen molar-refractivity contribution >= 4 is 24.1 Å². The first-order valence-corrected chi connectivity index (χ1v) is 7.89. The molecule has 0 radical (unpaired) electrons. The average Bonchev–Trinajstić information content (AvgIpc) is 3.16. The molecule has 1 unspecified atom stereocenters. The lowest BCUT2D eigenvalue weighted by atomic mass is 10.1. The molecule has 0 aliphatic carbocycles. The fourth-order valence-corrected chi connectivity index (χ4v) is 2.72. The number of allylic oxidation sites excluding steroid dienone is 1. The van der Waals surface area contributed by atoms with Crippen LogP contribution in [0.5, 0.6) is 11.5 Å². The third kappa shape index (κ3) is 3.16. The topological polar surface area (TPSA) is 108 Å². The molecule has 1 saturated heterocycles. The number of phenolic OH excluding ortho intramolecular Hbond substituents is 1. The van der Waals surface area contributed by atoms with E-state index in [4.69, 9.17) is 4.74 Å². The van der Waals surface area contributed by atoms with Crippen molar-refractivity contribution in [2.75, 3.05) is 7.11 Å². The SMILES string of the molecule is C/C=C\c1[nH]cnc1/C=C/N1C(=O)NC(=O)C1c1ccc(OC)c(O)c1. The number of imidazole rings is 1. The van der Waals surface area contributed by atoms with Gasteiger partial charge in [-0.25, -0.2) is 9.78 Å². The molecule has 134 valence electrons. The zero-order chi connectivity index (χ0) is 18.7. The third-order valence-electron chi connectivity index (χ3n) is 3.94. The molecule has 2 heterocycles. The monoisotopic (exact) mass is 354 g/mol. The molecule has 1 atom stereocenters. The molecular formula is C18H18N4O4. The summed E-state index contributed by atoms with van der Waals surface area (Å²) >= 11 is 0. The molecule has 0 spiro atoms. The van der Waals surface area contributed by atoms with Crippen molar-refractivity contribution in [1.82, 2.24) is 20.2 Å². The fourth-order valence-electron chi connectivity index (χ4n) is 2.72. The molecule has 0 saturated carbocycles. The van der Waals surface area contributed by atoms with Gasteiger partial charge < -0.3 is 14.8 Å². The Morgan fingerprint density at radius 2 is 2.12 bits per heavy atom. The van der Waals surface area contributed by atoms with Gasteiger partial charge in [0.25, 0.3) is 5.91 Å². The van der Waals surface area contributed by atoms with E-state index in [-0.39, 0.29) is 11.5 Å². The summed E-state index contributed by atoms with van der Waals surface area (Å²) in [5.74, 6) is -0.295. The number of aromatic nitrogens is 2. The van der Waals surface area contributed by atoms with Crippen LogP contribution in [0.3, 0.4) is 0 Å². The van der Waals surface area contributed by atoms with E-state index in [1.165, 1.54) is 24.3 Å². The van der Waals surface area contributed by atoms with Crippen LogP contribution in [-0.2, 0) is 4.79 Å². The van der Waals surface area contributed by atoms with Crippen LogP contribution in [0, 0.1) is 0 Å². The van der Waals surface area contributed by atoms with Crippen LogP contribution in [0.15, 0.2) is 36.8 Å². The van der Waals surface area contributed by atoms with Crippen molar-refractivity contribution in [2.24, 2.45) is 0 Å². The molecule has 1 fully saturated rings. The number of carbonyl (C=O) groups excluding carboxylic acids is 2. The summed E-state index contributed by atoms with van der Waals surface area (Å²) in [6.45, 7) is 1.88. The van der Waals surface area contributed by atoms with Gasteiger partial charge in [-0.05, 0) is 36.8 Å². The summed E-state index contributed by atoms with van der Waals surface area (Å²) in [5, 5.41) is 12.2. The number of nitrogens with zero attached hydrogens (tertiary/aromatic N) is 2. The van der Waals surface area contributed by atoms with E-state index in [9.17, 15) is 14.7 Å². The first-order valence-electron chi connectivity index (χ1n) is 7.89.